The summed E-state index contributed by atoms with van der Waals surface area (Å²) >= 11 is 5.75. The number of carbonyl (C=O) groups excluding carboxylic acids is 1. The molecule has 0 bridgehead atoms. The van der Waals surface area contributed by atoms with E-state index in [1.807, 2.05) is 32.0 Å². The lowest BCUT2D eigenvalue weighted by Gasteiger charge is -2.11. The highest BCUT2D eigenvalue weighted by molar-refractivity contribution is 6.31. The highest BCUT2D eigenvalue weighted by atomic mass is 35.5. The summed E-state index contributed by atoms with van der Waals surface area (Å²) in [5.74, 6) is -0.663. The van der Waals surface area contributed by atoms with E-state index in [1.54, 1.807) is 13.0 Å². The van der Waals surface area contributed by atoms with Gasteiger partial charge in [0.2, 0.25) is 5.95 Å². The molecule has 1 heterocycles. The Hall–Kier alpha value is -2.99. The van der Waals surface area contributed by atoms with Crippen LogP contribution in [0.25, 0.3) is 0 Å². The van der Waals surface area contributed by atoms with Crippen LogP contribution in [0, 0.1) is 26.6 Å². The fourth-order valence-electron chi connectivity index (χ4n) is 2.58. The van der Waals surface area contributed by atoms with Crippen LogP contribution in [0.4, 0.5) is 21.7 Å². The number of benzene rings is 2. The molecule has 138 valence electrons. The van der Waals surface area contributed by atoms with E-state index in [2.05, 4.69) is 20.6 Å². The number of nitrogens with one attached hydrogen (secondary N) is 2. The smallest absolute Gasteiger partial charge is 0.274 e. The average Bonchev–Trinajstić information content (AvgIpc) is 2.60. The Kier molecular flexibility index (Phi) is 5.37. The normalized spacial score (nSPS) is 10.6. The second kappa shape index (κ2) is 7.72. The number of rotatable bonds is 4. The third-order valence-electron chi connectivity index (χ3n) is 3.89. The molecule has 0 aliphatic carbocycles. The quantitative estimate of drug-likeness (QED) is 0.649. The monoisotopic (exact) mass is 384 g/mol. The largest absolute Gasteiger partial charge is 0.324 e. The molecule has 0 saturated carbocycles. The van der Waals surface area contributed by atoms with Crippen molar-refractivity contribution < 1.29 is 9.18 Å². The van der Waals surface area contributed by atoms with E-state index in [0.29, 0.717) is 17.3 Å². The topological polar surface area (TPSA) is 66.9 Å². The maximum Gasteiger partial charge on any atom is 0.274 e. The predicted octanol–water partition coefficient (Wildman–Crippen LogP) is 5.19. The zero-order valence-electron chi connectivity index (χ0n) is 15.1. The molecule has 3 aromatic rings. The number of anilines is 3. The van der Waals surface area contributed by atoms with Gasteiger partial charge in [0.15, 0.2) is 0 Å². The molecule has 0 atom stereocenters. The molecule has 0 aliphatic rings. The summed E-state index contributed by atoms with van der Waals surface area (Å²) in [7, 11) is 0. The molecular weight excluding hydrogens is 367 g/mol. The molecule has 5 nitrogen and oxygen atoms in total. The molecule has 1 amide bonds. The van der Waals surface area contributed by atoms with Crippen molar-refractivity contribution in [2.45, 2.75) is 20.8 Å². The number of hydrogen-bond acceptors (Lipinski definition) is 4. The fourth-order valence-corrected chi connectivity index (χ4v) is 2.76. The van der Waals surface area contributed by atoms with E-state index in [9.17, 15) is 9.18 Å². The SMILES string of the molecule is Cc1ccc(Nc2nc(C)cc(C(=O)Nc3ccc(F)c(Cl)c3)n2)c(C)c1. The summed E-state index contributed by atoms with van der Waals surface area (Å²) in [4.78, 5) is 21.1. The van der Waals surface area contributed by atoms with Gasteiger partial charge in [-0.1, -0.05) is 29.3 Å². The molecule has 7 heteroatoms. The maximum atomic E-state index is 13.3. The van der Waals surface area contributed by atoms with Gasteiger partial charge in [-0.15, -0.1) is 0 Å². The summed E-state index contributed by atoms with van der Waals surface area (Å²) in [5, 5.41) is 5.73. The van der Waals surface area contributed by atoms with Crippen molar-refractivity contribution in [3.8, 4) is 0 Å². The highest BCUT2D eigenvalue weighted by Crippen LogP contribution is 2.21. The minimum absolute atomic E-state index is 0.0659. The Bertz CT molecular complexity index is 1020. The Morgan fingerprint density at radius 2 is 1.81 bits per heavy atom. The van der Waals surface area contributed by atoms with Gasteiger partial charge < -0.3 is 10.6 Å². The minimum Gasteiger partial charge on any atom is -0.324 e. The predicted molar refractivity (Wildman–Crippen MR) is 105 cm³/mol. The van der Waals surface area contributed by atoms with E-state index >= 15 is 0 Å². The highest BCUT2D eigenvalue weighted by Gasteiger charge is 2.13. The van der Waals surface area contributed by atoms with Crippen LogP contribution in [0.2, 0.25) is 5.02 Å². The molecule has 3 rings (SSSR count). The number of nitrogens with zero attached hydrogens (tertiary/aromatic N) is 2. The molecule has 1 aromatic heterocycles. The fraction of sp³-hybridized carbons (Fsp3) is 0.150. The van der Waals surface area contributed by atoms with Crippen LogP contribution in [-0.4, -0.2) is 15.9 Å². The van der Waals surface area contributed by atoms with Crippen LogP contribution in [0.3, 0.4) is 0 Å². The van der Waals surface area contributed by atoms with Crippen LogP contribution >= 0.6 is 11.6 Å². The first-order valence-corrected chi connectivity index (χ1v) is 8.66. The molecule has 0 fully saturated rings. The standard InChI is InChI=1S/C20H18ClFN4O/c1-11-4-7-17(12(2)8-11)25-20-23-13(3)9-18(26-20)19(27)24-14-5-6-16(22)15(21)10-14/h4-10H,1-3H3,(H,24,27)(H,23,25,26). The van der Waals surface area contributed by atoms with Crippen molar-refractivity contribution in [1.29, 1.82) is 0 Å². The molecule has 0 saturated heterocycles. The zero-order chi connectivity index (χ0) is 19.6. The number of carbonyl (C=O) groups is 1. The van der Waals surface area contributed by atoms with Gasteiger partial charge in [-0.25, -0.2) is 14.4 Å². The van der Waals surface area contributed by atoms with Crippen LogP contribution in [0.1, 0.15) is 27.3 Å². The van der Waals surface area contributed by atoms with E-state index in [0.717, 1.165) is 16.8 Å². The van der Waals surface area contributed by atoms with Crippen molar-refractivity contribution in [3.63, 3.8) is 0 Å². The molecule has 0 unspecified atom stereocenters. The molecule has 2 N–H and O–H groups in total. The van der Waals surface area contributed by atoms with Crippen molar-refractivity contribution in [3.05, 3.63) is 75.8 Å². The summed E-state index contributed by atoms with van der Waals surface area (Å²) in [6.45, 7) is 5.78. The Labute approximate surface area is 161 Å². The first kappa shape index (κ1) is 18.8. The summed E-state index contributed by atoms with van der Waals surface area (Å²) in [6, 6.07) is 11.5. The lowest BCUT2D eigenvalue weighted by molar-refractivity contribution is 0.102. The first-order valence-electron chi connectivity index (χ1n) is 8.28. The number of amides is 1. The van der Waals surface area contributed by atoms with E-state index in [-0.39, 0.29) is 10.7 Å². The van der Waals surface area contributed by atoms with Gasteiger partial charge in [0.1, 0.15) is 11.5 Å². The minimum atomic E-state index is -0.549. The van der Waals surface area contributed by atoms with Crippen LogP contribution in [0.15, 0.2) is 42.5 Å². The van der Waals surface area contributed by atoms with Gasteiger partial charge >= 0.3 is 0 Å². The van der Waals surface area contributed by atoms with Gasteiger partial charge in [0.25, 0.3) is 5.91 Å². The van der Waals surface area contributed by atoms with Gasteiger partial charge in [-0.2, -0.15) is 0 Å². The molecule has 0 radical (unpaired) electrons. The van der Waals surface area contributed by atoms with Crippen molar-refractivity contribution in [1.82, 2.24) is 9.97 Å². The van der Waals surface area contributed by atoms with Gasteiger partial charge in [-0.05, 0) is 56.7 Å². The van der Waals surface area contributed by atoms with E-state index in [1.165, 1.54) is 18.2 Å². The molecule has 0 spiro atoms. The van der Waals surface area contributed by atoms with Crippen LogP contribution < -0.4 is 10.6 Å². The van der Waals surface area contributed by atoms with Crippen LogP contribution in [-0.2, 0) is 0 Å². The first-order chi connectivity index (χ1) is 12.8. The van der Waals surface area contributed by atoms with Crippen molar-refractivity contribution >= 4 is 34.8 Å². The second-order valence-corrected chi connectivity index (χ2v) is 6.65. The number of hydrogen-bond donors (Lipinski definition) is 2. The Morgan fingerprint density at radius 3 is 2.52 bits per heavy atom. The van der Waals surface area contributed by atoms with E-state index in [4.69, 9.17) is 11.6 Å². The molecule has 2 aromatic carbocycles. The average molecular weight is 385 g/mol. The molecule has 27 heavy (non-hydrogen) atoms. The number of aromatic nitrogens is 2. The van der Waals surface area contributed by atoms with Gasteiger partial charge in [0.05, 0.1) is 5.02 Å². The number of aryl methyl sites for hydroxylation is 3. The van der Waals surface area contributed by atoms with Gasteiger partial charge in [0, 0.05) is 17.1 Å². The lowest BCUT2D eigenvalue weighted by Crippen LogP contribution is -2.15. The lowest BCUT2D eigenvalue weighted by atomic mass is 10.1. The van der Waals surface area contributed by atoms with Crippen molar-refractivity contribution in [2.75, 3.05) is 10.6 Å². The summed E-state index contributed by atoms with van der Waals surface area (Å²) in [6.07, 6.45) is 0. The molecule has 0 aliphatic heterocycles. The third kappa shape index (κ3) is 4.60. The Balaban J connectivity index is 1.83. The maximum absolute atomic E-state index is 13.3. The van der Waals surface area contributed by atoms with Crippen LogP contribution in [0.5, 0.6) is 0 Å². The van der Waals surface area contributed by atoms with Crippen molar-refractivity contribution in [2.24, 2.45) is 0 Å². The molecular formula is C20H18ClFN4O. The third-order valence-corrected chi connectivity index (χ3v) is 4.18. The van der Waals surface area contributed by atoms with Gasteiger partial charge in [-0.3, -0.25) is 4.79 Å². The summed E-state index contributed by atoms with van der Waals surface area (Å²) in [5.41, 5.74) is 4.28. The second-order valence-electron chi connectivity index (χ2n) is 6.24. The number of halogens is 2. The zero-order valence-corrected chi connectivity index (χ0v) is 15.9. The summed E-state index contributed by atoms with van der Waals surface area (Å²) < 4.78 is 13.3. The Morgan fingerprint density at radius 1 is 1.04 bits per heavy atom. The van der Waals surface area contributed by atoms with E-state index < -0.39 is 11.7 Å².